The fourth-order valence-electron chi connectivity index (χ4n) is 0.809. The Bertz CT molecular complexity index is 366. The van der Waals surface area contributed by atoms with Gasteiger partial charge in [0.05, 0.1) is 12.9 Å². The van der Waals surface area contributed by atoms with Gasteiger partial charge in [-0.05, 0) is 12.0 Å². The van der Waals surface area contributed by atoms with E-state index in [0.29, 0.717) is 0 Å². The number of carbonyl (C=O) groups excluding carboxylic acids is 1. The van der Waals surface area contributed by atoms with Crippen molar-refractivity contribution in [1.82, 2.24) is 0 Å². The van der Waals surface area contributed by atoms with Crippen LogP contribution in [0, 0.1) is 6.08 Å². The van der Waals surface area contributed by atoms with Crippen LogP contribution >= 0.6 is 0 Å². The maximum absolute atomic E-state index is 12.7. The van der Waals surface area contributed by atoms with Crippen LogP contribution in [-0.2, 0) is 30.6 Å². The van der Waals surface area contributed by atoms with Crippen LogP contribution in [0.3, 0.4) is 0 Å². The van der Waals surface area contributed by atoms with Crippen LogP contribution in [0.1, 0.15) is 13.8 Å². The van der Waals surface area contributed by atoms with Crippen LogP contribution < -0.4 is 0 Å². The fourth-order valence-corrected chi connectivity index (χ4v) is 0.809. The third-order valence-electron chi connectivity index (χ3n) is 1.36. The van der Waals surface area contributed by atoms with E-state index in [2.05, 4.69) is 11.8 Å². The SMILES string of the molecule is CC.COC1=C(C([NH-])=O)[C-]=C(F)C=C=C1.[W+2]. The van der Waals surface area contributed by atoms with E-state index in [0.717, 1.165) is 6.08 Å². The molecule has 0 aliphatic heterocycles. The summed E-state index contributed by atoms with van der Waals surface area (Å²) >= 11 is 0. The van der Waals surface area contributed by atoms with Crippen molar-refractivity contribution < 1.29 is 35.0 Å². The second kappa shape index (κ2) is 9.14. The van der Waals surface area contributed by atoms with Gasteiger partial charge in [-0.15, -0.1) is 0 Å². The van der Waals surface area contributed by atoms with Crippen molar-refractivity contribution in [3.63, 3.8) is 0 Å². The molecule has 1 rings (SSSR count). The minimum Gasteiger partial charge on any atom is -0.709 e. The predicted octanol–water partition coefficient (Wildman–Crippen LogP) is 2.87. The summed E-state index contributed by atoms with van der Waals surface area (Å²) in [6.45, 7) is 4.00. The summed E-state index contributed by atoms with van der Waals surface area (Å²) in [7, 11) is 1.32. The zero-order valence-electron chi connectivity index (χ0n) is 9.26. The van der Waals surface area contributed by atoms with E-state index in [9.17, 15) is 9.18 Å². The maximum Gasteiger partial charge on any atom is 2.00 e. The topological polar surface area (TPSA) is 50.1 Å². The smallest absolute Gasteiger partial charge is 0.709 e. The van der Waals surface area contributed by atoms with E-state index in [4.69, 9.17) is 10.5 Å². The Kier molecular flexibility index (Phi) is 9.87. The minimum atomic E-state index is -1.04. The maximum atomic E-state index is 12.7. The van der Waals surface area contributed by atoms with Gasteiger partial charge in [0.1, 0.15) is 0 Å². The second-order valence-electron chi connectivity index (χ2n) is 2.20. The Hall–Kier alpha value is -1.11. The number of methoxy groups -OCH3 is 1. The molecule has 0 radical (unpaired) electrons. The van der Waals surface area contributed by atoms with Gasteiger partial charge in [-0.25, -0.2) is 4.39 Å². The average molecular weight is 393 g/mol. The first-order chi connectivity index (χ1) is 7.15. The second-order valence-corrected chi connectivity index (χ2v) is 2.20. The molecular formula is C11H12FNO2W. The number of nitrogens with one attached hydrogen (secondary N) is 1. The first-order valence-corrected chi connectivity index (χ1v) is 4.41. The molecule has 1 N–H and O–H groups in total. The molecule has 3 nitrogen and oxygen atoms in total. The first-order valence-electron chi connectivity index (χ1n) is 4.41. The van der Waals surface area contributed by atoms with Gasteiger partial charge >= 0.3 is 21.1 Å². The average Bonchev–Trinajstić information content (AvgIpc) is 2.42. The van der Waals surface area contributed by atoms with Gasteiger partial charge < -0.3 is 15.3 Å². The van der Waals surface area contributed by atoms with Gasteiger partial charge in [-0.1, -0.05) is 31.6 Å². The molecule has 0 aromatic rings. The van der Waals surface area contributed by atoms with Gasteiger partial charge in [0.2, 0.25) is 0 Å². The number of rotatable bonds is 2. The van der Waals surface area contributed by atoms with Crippen molar-refractivity contribution in [3.8, 4) is 0 Å². The molecule has 0 unspecified atom stereocenters. The van der Waals surface area contributed by atoms with E-state index in [-0.39, 0.29) is 32.4 Å². The van der Waals surface area contributed by atoms with Gasteiger partial charge in [-0.3, -0.25) is 0 Å². The fraction of sp³-hybridized carbons (Fsp3) is 0.273. The summed E-state index contributed by atoms with van der Waals surface area (Å²) in [5.41, 5.74) is 9.02. The Morgan fingerprint density at radius 2 is 2.06 bits per heavy atom. The summed E-state index contributed by atoms with van der Waals surface area (Å²) in [4.78, 5) is 10.7. The van der Waals surface area contributed by atoms with E-state index in [1.54, 1.807) is 0 Å². The molecule has 0 aromatic carbocycles. The van der Waals surface area contributed by atoms with Crippen molar-refractivity contribution in [3.05, 3.63) is 46.9 Å². The van der Waals surface area contributed by atoms with Gasteiger partial charge in [0.15, 0.2) is 0 Å². The van der Waals surface area contributed by atoms with Crippen LogP contribution in [-0.4, -0.2) is 13.0 Å². The van der Waals surface area contributed by atoms with Crippen molar-refractivity contribution in [2.45, 2.75) is 13.8 Å². The Labute approximate surface area is 109 Å². The molecule has 86 valence electrons. The zero-order valence-corrected chi connectivity index (χ0v) is 12.2. The quantitative estimate of drug-likeness (QED) is 0.535. The summed E-state index contributed by atoms with van der Waals surface area (Å²) in [6.07, 6.45) is 4.39. The summed E-state index contributed by atoms with van der Waals surface area (Å²) in [6, 6.07) is 0. The molecule has 16 heavy (non-hydrogen) atoms. The third kappa shape index (κ3) is 5.11. The largest absolute Gasteiger partial charge is 2.00 e. The normalized spacial score (nSPS) is 12.9. The minimum absolute atomic E-state index is 0. The number of ether oxygens (including phenoxy) is 1. The van der Waals surface area contributed by atoms with Crippen LogP contribution in [0.15, 0.2) is 35.0 Å². The number of halogens is 1. The van der Waals surface area contributed by atoms with Crippen LogP contribution in [0.4, 0.5) is 4.39 Å². The molecule has 0 fully saturated rings. The number of hydrogen-bond acceptors (Lipinski definition) is 2. The number of amides is 1. The molecule has 0 aromatic heterocycles. The van der Waals surface area contributed by atoms with E-state index < -0.39 is 11.7 Å². The van der Waals surface area contributed by atoms with Crippen molar-refractivity contribution in [2.75, 3.05) is 7.11 Å². The van der Waals surface area contributed by atoms with Crippen LogP contribution in [0.25, 0.3) is 5.73 Å². The van der Waals surface area contributed by atoms with Crippen LogP contribution in [0.5, 0.6) is 0 Å². The Balaban J connectivity index is 0. The van der Waals surface area contributed by atoms with Gasteiger partial charge in [0, 0.05) is 5.83 Å². The molecule has 0 atom stereocenters. The Morgan fingerprint density at radius 3 is 2.50 bits per heavy atom. The van der Waals surface area contributed by atoms with Crippen molar-refractivity contribution >= 4 is 5.91 Å². The summed E-state index contributed by atoms with van der Waals surface area (Å²) in [5.74, 6) is -1.71. The van der Waals surface area contributed by atoms with Crippen LogP contribution in [0.2, 0.25) is 0 Å². The van der Waals surface area contributed by atoms with Crippen molar-refractivity contribution in [1.29, 1.82) is 0 Å². The summed E-state index contributed by atoms with van der Waals surface area (Å²) in [5, 5.41) is 0. The molecule has 0 saturated carbocycles. The van der Waals surface area contributed by atoms with E-state index >= 15 is 0 Å². The van der Waals surface area contributed by atoms with E-state index in [1.165, 1.54) is 13.2 Å². The molecular weight excluding hydrogens is 381 g/mol. The van der Waals surface area contributed by atoms with Gasteiger partial charge in [0.25, 0.3) is 0 Å². The molecule has 1 aliphatic carbocycles. The molecule has 0 bridgehead atoms. The third-order valence-corrected chi connectivity index (χ3v) is 1.36. The standard InChI is InChI=1S/C9H7FNO2.C2H6.W/c1-13-8-4-2-3-6(10)5-7(8)9(11)12;1-2;/h3-4H,1H3,(H2,11,12);1-2H3;/q-1;;+2/p-1. The molecule has 5 heteroatoms. The summed E-state index contributed by atoms with van der Waals surface area (Å²) < 4.78 is 17.5. The first kappa shape index (κ1) is 17.3. The number of carbonyl (C=O) groups is 1. The van der Waals surface area contributed by atoms with Crippen molar-refractivity contribution in [2.24, 2.45) is 0 Å². The predicted molar refractivity (Wildman–Crippen MR) is 55.2 cm³/mol. The molecule has 0 saturated heterocycles. The number of allylic oxidation sites excluding steroid dienone is 2. The van der Waals surface area contributed by atoms with E-state index in [1.807, 2.05) is 13.8 Å². The molecule has 0 heterocycles. The molecule has 0 spiro atoms. The molecule has 1 amide bonds. The zero-order chi connectivity index (χ0) is 11.8. The Morgan fingerprint density at radius 1 is 1.50 bits per heavy atom. The number of hydrogen-bond donors (Lipinski definition) is 0. The molecule has 1 aliphatic rings. The monoisotopic (exact) mass is 393 g/mol. The van der Waals surface area contributed by atoms with Gasteiger partial charge in [-0.2, -0.15) is 5.73 Å².